The number of benzene rings is 2. The highest BCUT2D eigenvalue weighted by Gasteiger charge is 2.25. The number of thioether (sulfide) groups is 1. The molecule has 162 valence electrons. The Morgan fingerprint density at radius 3 is 2.50 bits per heavy atom. The summed E-state index contributed by atoms with van der Waals surface area (Å²) in [5.41, 5.74) is 0.835. The van der Waals surface area contributed by atoms with E-state index in [0.29, 0.717) is 35.3 Å². The van der Waals surface area contributed by atoms with Crippen molar-refractivity contribution in [3.05, 3.63) is 64.1 Å². The molecule has 1 N–H and O–H groups in total. The molecule has 2 amide bonds. The molecule has 2 rings (SSSR count). The molecule has 0 spiro atoms. The summed E-state index contributed by atoms with van der Waals surface area (Å²) in [6.45, 7) is 4.74. The molecule has 2 aromatic rings. The molecule has 0 aromatic heterocycles. The third kappa shape index (κ3) is 7.86. The lowest BCUT2D eigenvalue weighted by Crippen LogP contribution is -2.47. The number of carbonyl (C=O) groups is 2. The first kappa shape index (κ1) is 24.6. The lowest BCUT2D eigenvalue weighted by atomic mass is 10.1. The summed E-state index contributed by atoms with van der Waals surface area (Å²) in [7, 11) is 0. The van der Waals surface area contributed by atoms with Crippen LogP contribution in [0.4, 0.5) is 0 Å². The van der Waals surface area contributed by atoms with Crippen molar-refractivity contribution in [1.82, 2.24) is 10.2 Å². The second kappa shape index (κ2) is 12.9. The van der Waals surface area contributed by atoms with Crippen LogP contribution in [0.25, 0.3) is 0 Å². The normalized spacial score (nSPS) is 11.7. The minimum Gasteiger partial charge on any atom is -0.354 e. The van der Waals surface area contributed by atoms with E-state index in [2.05, 4.69) is 12.2 Å². The summed E-state index contributed by atoms with van der Waals surface area (Å²) >= 11 is 13.8. The van der Waals surface area contributed by atoms with Gasteiger partial charge in [0.25, 0.3) is 0 Å². The van der Waals surface area contributed by atoms with Gasteiger partial charge in [0.15, 0.2) is 0 Å². The van der Waals surface area contributed by atoms with Crippen LogP contribution in [-0.2, 0) is 16.1 Å². The fourth-order valence-electron chi connectivity index (χ4n) is 2.87. The first-order valence-electron chi connectivity index (χ1n) is 10.1. The average Bonchev–Trinajstić information content (AvgIpc) is 2.74. The van der Waals surface area contributed by atoms with Crippen molar-refractivity contribution in [3.63, 3.8) is 0 Å². The van der Waals surface area contributed by atoms with E-state index in [0.717, 1.165) is 23.3 Å². The predicted molar refractivity (Wildman–Crippen MR) is 126 cm³/mol. The third-order valence-corrected chi connectivity index (χ3v) is 6.41. The van der Waals surface area contributed by atoms with E-state index in [9.17, 15) is 9.59 Å². The van der Waals surface area contributed by atoms with Gasteiger partial charge in [0.05, 0.1) is 10.0 Å². The molecule has 0 bridgehead atoms. The lowest BCUT2D eigenvalue weighted by molar-refractivity contribution is -0.140. The molecule has 0 aliphatic heterocycles. The van der Waals surface area contributed by atoms with E-state index >= 15 is 0 Å². The molecule has 0 unspecified atom stereocenters. The van der Waals surface area contributed by atoms with Crippen LogP contribution in [0, 0.1) is 0 Å². The number of amides is 2. The highest BCUT2D eigenvalue weighted by Crippen LogP contribution is 2.24. The van der Waals surface area contributed by atoms with Crippen molar-refractivity contribution < 1.29 is 9.59 Å². The van der Waals surface area contributed by atoms with Crippen molar-refractivity contribution in [2.24, 2.45) is 0 Å². The molecule has 0 saturated heterocycles. The van der Waals surface area contributed by atoms with Gasteiger partial charge in [-0.1, -0.05) is 60.8 Å². The van der Waals surface area contributed by atoms with Gasteiger partial charge < -0.3 is 10.2 Å². The topological polar surface area (TPSA) is 49.4 Å². The zero-order chi connectivity index (χ0) is 21.9. The Bertz CT molecular complexity index is 833. The standard InChI is InChI=1S/C23H28Cl2N2O2S/c1-3-4-13-26-23(29)17(2)27(16-18-10-11-20(24)21(25)15-18)22(28)12-14-30-19-8-6-5-7-9-19/h5-11,15,17H,3-4,12-14,16H2,1-2H3,(H,26,29)/t17-/m1/s1. The molecule has 1 atom stereocenters. The van der Waals surface area contributed by atoms with Gasteiger partial charge in [-0.25, -0.2) is 0 Å². The van der Waals surface area contributed by atoms with Gasteiger partial charge in [-0.15, -0.1) is 11.8 Å². The van der Waals surface area contributed by atoms with Crippen LogP contribution in [0.15, 0.2) is 53.4 Å². The number of unbranched alkanes of at least 4 members (excludes halogenated alkanes) is 1. The zero-order valence-corrected chi connectivity index (χ0v) is 19.7. The molecule has 4 nitrogen and oxygen atoms in total. The van der Waals surface area contributed by atoms with Crippen LogP contribution < -0.4 is 5.32 Å². The lowest BCUT2D eigenvalue weighted by Gasteiger charge is -2.29. The molecule has 30 heavy (non-hydrogen) atoms. The molecule has 0 radical (unpaired) electrons. The Kier molecular flexibility index (Phi) is 10.6. The highest BCUT2D eigenvalue weighted by atomic mass is 35.5. The van der Waals surface area contributed by atoms with Crippen molar-refractivity contribution in [3.8, 4) is 0 Å². The number of hydrogen-bond acceptors (Lipinski definition) is 3. The smallest absolute Gasteiger partial charge is 0.242 e. The average molecular weight is 467 g/mol. The number of carbonyl (C=O) groups excluding carboxylic acids is 2. The molecule has 7 heteroatoms. The minimum atomic E-state index is -0.578. The largest absolute Gasteiger partial charge is 0.354 e. The summed E-state index contributed by atoms with van der Waals surface area (Å²) in [4.78, 5) is 28.4. The van der Waals surface area contributed by atoms with E-state index in [-0.39, 0.29) is 11.8 Å². The summed E-state index contributed by atoms with van der Waals surface area (Å²) in [5.74, 6) is 0.431. The Morgan fingerprint density at radius 2 is 1.83 bits per heavy atom. The maximum absolute atomic E-state index is 13.0. The first-order chi connectivity index (χ1) is 14.4. The summed E-state index contributed by atoms with van der Waals surface area (Å²) in [5, 5.41) is 3.81. The van der Waals surface area contributed by atoms with E-state index in [1.165, 1.54) is 0 Å². The molecule has 0 aliphatic carbocycles. The summed E-state index contributed by atoms with van der Waals surface area (Å²) < 4.78 is 0. The van der Waals surface area contributed by atoms with E-state index in [1.807, 2.05) is 36.4 Å². The van der Waals surface area contributed by atoms with Crippen LogP contribution in [0.3, 0.4) is 0 Å². The molecule has 0 fully saturated rings. The summed E-state index contributed by atoms with van der Waals surface area (Å²) in [6, 6.07) is 14.7. The Balaban J connectivity index is 2.07. The number of nitrogens with one attached hydrogen (secondary N) is 1. The van der Waals surface area contributed by atoms with Gasteiger partial charge in [0, 0.05) is 30.2 Å². The van der Waals surface area contributed by atoms with Gasteiger partial charge in [-0.2, -0.15) is 0 Å². The molecular weight excluding hydrogens is 439 g/mol. The van der Waals surface area contributed by atoms with E-state index < -0.39 is 6.04 Å². The van der Waals surface area contributed by atoms with Crippen LogP contribution in [0.2, 0.25) is 10.0 Å². The number of nitrogens with zero attached hydrogens (tertiary/aromatic N) is 1. The Morgan fingerprint density at radius 1 is 1.10 bits per heavy atom. The molecular formula is C23H28Cl2N2O2S. The predicted octanol–water partition coefficient (Wildman–Crippen LogP) is 5.81. The maximum atomic E-state index is 13.0. The summed E-state index contributed by atoms with van der Waals surface area (Å²) in [6.07, 6.45) is 2.25. The fourth-order valence-corrected chi connectivity index (χ4v) is 4.05. The molecule has 0 heterocycles. The monoisotopic (exact) mass is 466 g/mol. The van der Waals surface area contributed by atoms with Crippen molar-refractivity contribution in [2.75, 3.05) is 12.3 Å². The van der Waals surface area contributed by atoms with Gasteiger partial charge >= 0.3 is 0 Å². The van der Waals surface area contributed by atoms with Crippen molar-refractivity contribution >= 4 is 46.8 Å². The number of halogens is 2. The van der Waals surface area contributed by atoms with Gasteiger partial charge in [0.1, 0.15) is 6.04 Å². The molecule has 2 aromatic carbocycles. The second-order valence-electron chi connectivity index (χ2n) is 7.00. The second-order valence-corrected chi connectivity index (χ2v) is 8.98. The maximum Gasteiger partial charge on any atom is 0.242 e. The van der Waals surface area contributed by atoms with Crippen LogP contribution in [0.1, 0.15) is 38.7 Å². The van der Waals surface area contributed by atoms with E-state index in [1.54, 1.807) is 35.7 Å². The zero-order valence-electron chi connectivity index (χ0n) is 17.4. The van der Waals surface area contributed by atoms with E-state index in [4.69, 9.17) is 23.2 Å². The van der Waals surface area contributed by atoms with Gasteiger partial charge in [0.2, 0.25) is 11.8 Å². The number of hydrogen-bond donors (Lipinski definition) is 1. The van der Waals surface area contributed by atoms with Gasteiger partial charge in [-0.3, -0.25) is 9.59 Å². The highest BCUT2D eigenvalue weighted by molar-refractivity contribution is 7.99. The SMILES string of the molecule is CCCCNC(=O)[C@@H](C)N(Cc1ccc(Cl)c(Cl)c1)C(=O)CCSc1ccccc1. The molecule has 0 saturated carbocycles. The Hall–Kier alpha value is -1.69. The molecule has 0 aliphatic rings. The van der Waals surface area contributed by atoms with Gasteiger partial charge in [-0.05, 0) is 43.2 Å². The minimum absolute atomic E-state index is 0.0670. The van der Waals surface area contributed by atoms with Crippen LogP contribution in [-0.4, -0.2) is 35.1 Å². The van der Waals surface area contributed by atoms with Crippen molar-refractivity contribution in [1.29, 1.82) is 0 Å². The fraction of sp³-hybridized carbons (Fsp3) is 0.391. The third-order valence-electron chi connectivity index (χ3n) is 4.66. The quantitative estimate of drug-likeness (QED) is 0.335. The Labute approximate surface area is 193 Å². The van der Waals surface area contributed by atoms with Crippen molar-refractivity contribution in [2.45, 2.75) is 50.6 Å². The van der Waals surface area contributed by atoms with Crippen LogP contribution >= 0.6 is 35.0 Å². The first-order valence-corrected chi connectivity index (χ1v) is 11.9. The number of rotatable bonds is 11. The van der Waals surface area contributed by atoms with Crippen LogP contribution in [0.5, 0.6) is 0 Å².